The number of amides is 4. The van der Waals surface area contributed by atoms with Gasteiger partial charge in [0.1, 0.15) is 0 Å². The van der Waals surface area contributed by atoms with E-state index in [0.29, 0.717) is 25.3 Å². The lowest BCUT2D eigenvalue weighted by molar-refractivity contribution is -0.141. The maximum absolute atomic E-state index is 13.9. The minimum absolute atomic E-state index is 0.0158. The summed E-state index contributed by atoms with van der Waals surface area (Å²) in [5.41, 5.74) is -1.30. The lowest BCUT2D eigenvalue weighted by Gasteiger charge is -2.43. The minimum atomic E-state index is -4.69. The molecule has 39 heavy (non-hydrogen) atoms. The number of piperazine rings is 1. The van der Waals surface area contributed by atoms with Gasteiger partial charge in [0.15, 0.2) is 0 Å². The van der Waals surface area contributed by atoms with Gasteiger partial charge >= 0.3 is 24.2 Å². The van der Waals surface area contributed by atoms with Gasteiger partial charge in [0.2, 0.25) is 0 Å². The fraction of sp³-hybridized carbons (Fsp3) is 0.593. The Balaban J connectivity index is 2.01. The van der Waals surface area contributed by atoms with E-state index in [1.54, 1.807) is 18.7 Å². The number of carbonyl (C=O) groups is 3. The van der Waals surface area contributed by atoms with Gasteiger partial charge in [-0.1, -0.05) is 18.2 Å². The summed E-state index contributed by atoms with van der Waals surface area (Å²) in [5.74, 6) is -0.788. The summed E-state index contributed by atoms with van der Waals surface area (Å²) in [6.07, 6.45) is -4.69. The third kappa shape index (κ3) is 7.03. The van der Waals surface area contributed by atoms with Gasteiger partial charge < -0.3 is 20.3 Å². The Morgan fingerprint density at radius 2 is 1.79 bits per heavy atom. The Morgan fingerprint density at radius 3 is 2.36 bits per heavy atom. The van der Waals surface area contributed by atoms with Gasteiger partial charge in [-0.15, -0.1) is 0 Å². The summed E-state index contributed by atoms with van der Waals surface area (Å²) in [7, 11) is 0. The van der Waals surface area contributed by atoms with Crippen LogP contribution in [0.4, 0.5) is 22.8 Å². The van der Waals surface area contributed by atoms with Gasteiger partial charge in [-0.05, 0) is 53.2 Å². The molecule has 0 bridgehead atoms. The van der Waals surface area contributed by atoms with Crippen molar-refractivity contribution in [1.29, 1.82) is 0 Å². The van der Waals surface area contributed by atoms with E-state index in [1.165, 1.54) is 23.1 Å². The maximum atomic E-state index is 13.9. The van der Waals surface area contributed by atoms with Gasteiger partial charge in [0.05, 0.1) is 23.8 Å². The van der Waals surface area contributed by atoms with Gasteiger partial charge in [-0.25, -0.2) is 14.4 Å². The molecule has 1 aromatic carbocycles. The van der Waals surface area contributed by atoms with Crippen LogP contribution in [0.25, 0.3) is 0 Å². The molecule has 2 N–H and O–H groups in total. The molecular weight excluding hydrogens is 515 g/mol. The normalized spacial score (nSPS) is 21.1. The Labute approximate surface area is 227 Å². The van der Waals surface area contributed by atoms with Crippen molar-refractivity contribution in [2.75, 3.05) is 39.3 Å². The number of ether oxygens (including phenoxy) is 1. The smallest absolute Gasteiger partial charge is 0.416 e. The number of hydrogen-bond donors (Lipinski definition) is 2. The largest absolute Gasteiger partial charge is 0.463 e. The van der Waals surface area contributed by atoms with Crippen LogP contribution in [0, 0.1) is 0 Å². The predicted octanol–water partition coefficient (Wildman–Crippen LogP) is 4.12. The molecule has 1 aromatic rings. The molecule has 0 radical (unpaired) electrons. The zero-order chi connectivity index (χ0) is 29.1. The second kappa shape index (κ2) is 11.8. The molecule has 4 amide bonds. The molecule has 2 atom stereocenters. The number of hydrogen-bond acceptors (Lipinski definition) is 5. The highest BCUT2D eigenvalue weighted by Gasteiger charge is 2.43. The predicted molar refractivity (Wildman–Crippen MR) is 140 cm³/mol. The van der Waals surface area contributed by atoms with Crippen LogP contribution >= 0.6 is 0 Å². The highest BCUT2D eigenvalue weighted by molar-refractivity contribution is 5.95. The van der Waals surface area contributed by atoms with E-state index in [-0.39, 0.29) is 42.9 Å². The fourth-order valence-corrected chi connectivity index (χ4v) is 4.98. The average Bonchev–Trinajstić information content (AvgIpc) is 2.82. The van der Waals surface area contributed by atoms with Crippen molar-refractivity contribution >= 4 is 18.0 Å². The van der Waals surface area contributed by atoms with Crippen molar-refractivity contribution in [2.24, 2.45) is 0 Å². The van der Waals surface area contributed by atoms with Crippen LogP contribution in [-0.2, 0) is 15.7 Å². The van der Waals surface area contributed by atoms with E-state index >= 15 is 0 Å². The van der Waals surface area contributed by atoms with E-state index in [9.17, 15) is 27.6 Å². The number of rotatable bonds is 6. The molecule has 1 saturated heterocycles. The van der Waals surface area contributed by atoms with Crippen LogP contribution in [0.5, 0.6) is 0 Å². The maximum Gasteiger partial charge on any atom is 0.416 e. The van der Waals surface area contributed by atoms with Crippen LogP contribution in [-0.4, -0.2) is 83.6 Å². The minimum Gasteiger partial charge on any atom is -0.463 e. The number of carbonyl (C=O) groups excluding carboxylic acids is 3. The van der Waals surface area contributed by atoms with Crippen LogP contribution in [0.2, 0.25) is 0 Å². The van der Waals surface area contributed by atoms with Crippen molar-refractivity contribution in [2.45, 2.75) is 65.3 Å². The molecule has 3 rings (SSSR count). The molecule has 0 aliphatic carbocycles. The molecule has 0 unspecified atom stereocenters. The first-order valence-electron chi connectivity index (χ1n) is 13.1. The number of urea groups is 2. The number of benzene rings is 1. The molecule has 2 heterocycles. The second-order valence-corrected chi connectivity index (χ2v) is 10.8. The SMILES string of the molecule is CCOC(=O)C1=C(CN2CCN(C(=O)NC(C)(C)C)[C@H](C)C2)N(CC)C(=O)N[C@@H]1c1ccccc1C(F)(F)F. The number of nitrogens with zero attached hydrogens (tertiary/aromatic N) is 3. The summed E-state index contributed by atoms with van der Waals surface area (Å²) in [4.78, 5) is 44.3. The average molecular weight is 554 g/mol. The van der Waals surface area contributed by atoms with E-state index in [1.807, 2.05) is 32.6 Å². The molecule has 2 aliphatic rings. The van der Waals surface area contributed by atoms with Gasteiger partial charge in [0, 0.05) is 50.0 Å². The lowest BCUT2D eigenvalue weighted by Crippen LogP contribution is -2.59. The molecular formula is C27H38F3N5O4. The Hall–Kier alpha value is -3.28. The van der Waals surface area contributed by atoms with Gasteiger partial charge in [0.25, 0.3) is 0 Å². The Kier molecular flexibility index (Phi) is 9.20. The lowest BCUT2D eigenvalue weighted by atomic mass is 9.90. The third-order valence-corrected chi connectivity index (χ3v) is 6.65. The number of esters is 1. The molecule has 2 aliphatic heterocycles. The summed E-state index contributed by atoms with van der Waals surface area (Å²) in [6.45, 7) is 12.6. The Morgan fingerprint density at radius 1 is 1.13 bits per heavy atom. The molecule has 0 spiro atoms. The summed E-state index contributed by atoms with van der Waals surface area (Å²) < 4.78 is 47.1. The first-order valence-corrected chi connectivity index (χ1v) is 13.1. The van der Waals surface area contributed by atoms with Gasteiger partial charge in [-0.2, -0.15) is 13.2 Å². The standard InChI is InChI=1S/C27H38F3N5O4/c1-7-34-20(16-33-13-14-35(17(3)15-33)25(38)32-26(4,5)6)21(23(36)39-8-2)22(31-24(34)37)18-11-9-10-12-19(18)27(28,29)30/h9-12,17,22H,7-8,13-16H2,1-6H3,(H,31,37)(H,32,38)/t17-,22-/m1/s1. The van der Waals surface area contributed by atoms with Crippen LogP contribution in [0.1, 0.15) is 58.7 Å². The number of nitrogens with one attached hydrogen (secondary N) is 2. The highest BCUT2D eigenvalue weighted by Crippen LogP contribution is 2.39. The number of likely N-dealkylation sites (N-methyl/N-ethyl adjacent to an activating group) is 1. The zero-order valence-electron chi connectivity index (χ0n) is 23.3. The van der Waals surface area contributed by atoms with Crippen molar-refractivity contribution in [1.82, 2.24) is 25.3 Å². The van der Waals surface area contributed by atoms with E-state index in [0.717, 1.165) is 6.07 Å². The third-order valence-electron chi connectivity index (χ3n) is 6.65. The molecule has 1 fully saturated rings. The monoisotopic (exact) mass is 553 g/mol. The number of alkyl halides is 3. The Bertz CT molecular complexity index is 1120. The molecule has 12 heteroatoms. The second-order valence-electron chi connectivity index (χ2n) is 10.8. The van der Waals surface area contributed by atoms with Crippen molar-refractivity contribution in [3.05, 3.63) is 46.7 Å². The topological polar surface area (TPSA) is 94.2 Å². The fourth-order valence-electron chi connectivity index (χ4n) is 4.98. The molecule has 9 nitrogen and oxygen atoms in total. The molecule has 216 valence electrons. The van der Waals surface area contributed by atoms with Crippen molar-refractivity contribution in [3.63, 3.8) is 0 Å². The summed E-state index contributed by atoms with van der Waals surface area (Å²) in [5, 5.41) is 5.56. The van der Waals surface area contributed by atoms with Crippen LogP contribution < -0.4 is 10.6 Å². The molecule has 0 aromatic heterocycles. The highest BCUT2D eigenvalue weighted by atomic mass is 19.4. The summed E-state index contributed by atoms with van der Waals surface area (Å²) >= 11 is 0. The zero-order valence-corrected chi connectivity index (χ0v) is 23.3. The first-order chi connectivity index (χ1) is 18.2. The van der Waals surface area contributed by atoms with Crippen LogP contribution in [0.3, 0.4) is 0 Å². The first kappa shape index (κ1) is 30.3. The molecule has 0 saturated carbocycles. The van der Waals surface area contributed by atoms with E-state index in [2.05, 4.69) is 10.6 Å². The van der Waals surface area contributed by atoms with Crippen molar-refractivity contribution < 1.29 is 32.3 Å². The van der Waals surface area contributed by atoms with Crippen LogP contribution in [0.15, 0.2) is 35.5 Å². The number of halogens is 3. The van der Waals surface area contributed by atoms with E-state index < -0.39 is 35.3 Å². The van der Waals surface area contributed by atoms with Gasteiger partial charge in [-0.3, -0.25) is 9.80 Å². The quantitative estimate of drug-likeness (QED) is 0.517. The van der Waals surface area contributed by atoms with E-state index in [4.69, 9.17) is 4.74 Å². The van der Waals surface area contributed by atoms with Crippen molar-refractivity contribution in [3.8, 4) is 0 Å². The summed E-state index contributed by atoms with van der Waals surface area (Å²) in [6, 6.07) is 2.59.